The number of benzene rings is 1. The smallest absolute Gasteiger partial charge is 0.283 e. The molecule has 51 heavy (non-hydrogen) atoms. The molecule has 1 aromatic heterocycles. The van der Waals surface area contributed by atoms with Gasteiger partial charge in [0.25, 0.3) is 5.91 Å². The summed E-state index contributed by atoms with van der Waals surface area (Å²) < 4.78 is 41.4. The number of rotatable bonds is 3. The molecule has 6 aliphatic rings. The van der Waals surface area contributed by atoms with Crippen LogP contribution in [0.15, 0.2) is 42.5 Å². The van der Waals surface area contributed by atoms with E-state index in [1.54, 1.807) is 19.1 Å². The summed E-state index contributed by atoms with van der Waals surface area (Å²) in [5.41, 5.74) is 2.62. The van der Waals surface area contributed by atoms with Gasteiger partial charge in [-0.3, -0.25) is 14.6 Å². The van der Waals surface area contributed by atoms with Crippen molar-refractivity contribution in [3.05, 3.63) is 64.3 Å². The predicted molar refractivity (Wildman–Crippen MR) is 199 cm³/mol. The van der Waals surface area contributed by atoms with Crippen LogP contribution in [0.2, 0.25) is 5.02 Å². The number of aromatic nitrogens is 1. The Hall–Kier alpha value is -2.70. The zero-order valence-electron chi connectivity index (χ0n) is 30.0. The molecule has 0 unspecified atom stereocenters. The SMILES string of the molecule is C[C@@H]1[C@@H](C)C/C=C/[C@]2(CN3CCN(C4COC4)CC3)C[C@]23CC[C@H]3CN2CCCCc3cc(Cl)ccc3COc3ccc(nc32)C(=O)NS1(=O)=O. The Kier molecular flexibility index (Phi) is 9.66. The average molecular weight is 738 g/mol. The molecule has 0 radical (unpaired) electrons. The van der Waals surface area contributed by atoms with Crippen molar-refractivity contribution in [2.45, 2.75) is 76.7 Å². The molecular weight excluding hydrogens is 686 g/mol. The summed E-state index contributed by atoms with van der Waals surface area (Å²) >= 11 is 6.40. The van der Waals surface area contributed by atoms with Gasteiger partial charge in [0.05, 0.1) is 24.5 Å². The lowest BCUT2D eigenvalue weighted by molar-refractivity contribution is -0.0782. The van der Waals surface area contributed by atoms with Crippen LogP contribution in [-0.2, 0) is 27.8 Å². The quantitative estimate of drug-likeness (QED) is 0.421. The minimum atomic E-state index is -3.95. The van der Waals surface area contributed by atoms with Crippen LogP contribution >= 0.6 is 11.6 Å². The summed E-state index contributed by atoms with van der Waals surface area (Å²) in [5, 5.41) is -0.0328. The van der Waals surface area contributed by atoms with Gasteiger partial charge in [0.15, 0.2) is 11.6 Å². The first-order valence-electron chi connectivity index (χ1n) is 19.0. The van der Waals surface area contributed by atoms with Gasteiger partial charge in [0.2, 0.25) is 10.0 Å². The van der Waals surface area contributed by atoms with E-state index in [1.165, 1.54) is 12.0 Å². The highest BCUT2D eigenvalue weighted by Crippen LogP contribution is 2.77. The van der Waals surface area contributed by atoms with E-state index in [-0.39, 0.29) is 22.4 Å². The van der Waals surface area contributed by atoms with E-state index in [1.807, 2.05) is 25.1 Å². The summed E-state index contributed by atoms with van der Waals surface area (Å²) in [6, 6.07) is 9.91. The van der Waals surface area contributed by atoms with Crippen LogP contribution < -0.4 is 14.4 Å². The van der Waals surface area contributed by atoms with Crippen molar-refractivity contribution in [2.24, 2.45) is 22.7 Å². The Morgan fingerprint density at radius 2 is 1.86 bits per heavy atom. The van der Waals surface area contributed by atoms with Gasteiger partial charge in [-0.1, -0.05) is 36.7 Å². The second-order valence-electron chi connectivity index (χ2n) is 16.1. The van der Waals surface area contributed by atoms with Crippen LogP contribution in [0.5, 0.6) is 5.75 Å². The van der Waals surface area contributed by atoms with Gasteiger partial charge in [0.1, 0.15) is 12.3 Å². The topological polar surface area (TPSA) is 104 Å². The fraction of sp³-hybridized carbons (Fsp3) is 0.641. The first kappa shape index (κ1) is 35.3. The predicted octanol–water partition coefficient (Wildman–Crippen LogP) is 5.30. The molecule has 1 spiro atoms. The van der Waals surface area contributed by atoms with Crippen molar-refractivity contribution in [1.82, 2.24) is 19.5 Å². The lowest BCUT2D eigenvalue weighted by atomic mass is 9.65. The molecule has 5 heterocycles. The number of aryl methyl sites for hydroxylation is 1. The molecule has 4 fully saturated rings. The van der Waals surface area contributed by atoms with E-state index in [4.69, 9.17) is 26.1 Å². The molecule has 5 atom stereocenters. The third-order valence-electron chi connectivity index (χ3n) is 13.2. The second kappa shape index (κ2) is 13.9. The van der Waals surface area contributed by atoms with Crippen LogP contribution in [0.25, 0.3) is 0 Å². The van der Waals surface area contributed by atoms with Gasteiger partial charge >= 0.3 is 0 Å². The summed E-state index contributed by atoms with van der Waals surface area (Å²) in [7, 11) is -3.95. The van der Waals surface area contributed by atoms with Gasteiger partial charge in [-0.25, -0.2) is 18.1 Å². The minimum absolute atomic E-state index is 0.0644. The summed E-state index contributed by atoms with van der Waals surface area (Å²) in [5.74, 6) is 0.823. The number of amides is 1. The van der Waals surface area contributed by atoms with Crippen LogP contribution in [0.4, 0.5) is 5.82 Å². The first-order chi connectivity index (χ1) is 24.6. The number of carbonyl (C=O) groups excluding carboxylic acids is 1. The van der Waals surface area contributed by atoms with E-state index >= 15 is 0 Å². The van der Waals surface area contributed by atoms with Crippen molar-refractivity contribution in [3.8, 4) is 5.75 Å². The fourth-order valence-corrected chi connectivity index (χ4v) is 10.9. The Bertz CT molecular complexity index is 1780. The first-order valence-corrected chi connectivity index (χ1v) is 20.9. The number of nitrogens with one attached hydrogen (secondary N) is 1. The lowest BCUT2D eigenvalue weighted by Crippen LogP contribution is -2.57. The molecule has 4 aliphatic heterocycles. The van der Waals surface area contributed by atoms with Crippen molar-refractivity contribution >= 4 is 33.3 Å². The number of halogens is 1. The van der Waals surface area contributed by atoms with Crippen molar-refractivity contribution < 1.29 is 22.7 Å². The van der Waals surface area contributed by atoms with E-state index in [0.29, 0.717) is 36.6 Å². The number of fused-ring (bicyclic) bond motifs is 2. The fourth-order valence-electron chi connectivity index (χ4n) is 9.45. The van der Waals surface area contributed by atoms with Crippen LogP contribution in [0, 0.1) is 22.7 Å². The maximum atomic E-state index is 13.5. The van der Waals surface area contributed by atoms with Crippen molar-refractivity contribution in [1.29, 1.82) is 0 Å². The number of carbonyl (C=O) groups is 1. The highest BCUT2D eigenvalue weighted by molar-refractivity contribution is 7.90. The average Bonchev–Trinajstić information content (AvgIpc) is 3.76. The second-order valence-corrected chi connectivity index (χ2v) is 18.6. The minimum Gasteiger partial charge on any atom is -0.485 e. The van der Waals surface area contributed by atoms with Gasteiger partial charge in [-0.05, 0) is 105 Å². The number of hydrogen-bond donors (Lipinski definition) is 1. The Labute approximate surface area is 307 Å². The number of allylic oxidation sites excluding steroid dienone is 1. The molecule has 12 heteroatoms. The van der Waals surface area contributed by atoms with Gasteiger partial charge < -0.3 is 14.4 Å². The highest BCUT2D eigenvalue weighted by Gasteiger charge is 2.72. The van der Waals surface area contributed by atoms with Gasteiger partial charge in [-0.2, -0.15) is 0 Å². The molecular formula is C39H52ClN5O5S. The molecule has 2 saturated heterocycles. The molecule has 1 N–H and O–H groups in total. The Morgan fingerprint density at radius 1 is 1.04 bits per heavy atom. The molecule has 1 amide bonds. The molecule has 2 aromatic rings. The van der Waals surface area contributed by atoms with Crippen molar-refractivity contribution in [3.63, 3.8) is 0 Å². The number of ether oxygens (including phenoxy) is 2. The Balaban J connectivity index is 1.12. The van der Waals surface area contributed by atoms with E-state index < -0.39 is 21.2 Å². The van der Waals surface area contributed by atoms with Gasteiger partial charge in [-0.15, -0.1) is 0 Å². The monoisotopic (exact) mass is 737 g/mol. The maximum absolute atomic E-state index is 13.5. The number of nitrogens with zero attached hydrogens (tertiary/aromatic N) is 4. The maximum Gasteiger partial charge on any atom is 0.283 e. The molecule has 276 valence electrons. The third-order valence-corrected chi connectivity index (χ3v) is 15.4. The largest absolute Gasteiger partial charge is 0.485 e. The number of anilines is 1. The summed E-state index contributed by atoms with van der Waals surface area (Å²) in [6.45, 7) is 12.6. The van der Waals surface area contributed by atoms with E-state index in [9.17, 15) is 13.2 Å². The number of pyridine rings is 1. The zero-order chi connectivity index (χ0) is 35.4. The molecule has 2 saturated carbocycles. The summed E-state index contributed by atoms with van der Waals surface area (Å²) in [6.07, 6.45) is 11.7. The van der Waals surface area contributed by atoms with E-state index in [0.717, 1.165) is 102 Å². The lowest BCUT2D eigenvalue weighted by Gasteiger charge is -2.47. The molecule has 2 bridgehead atoms. The van der Waals surface area contributed by atoms with Gasteiger partial charge in [0, 0.05) is 56.3 Å². The standard InChI is InChI=1S/C39H52ClN5O5S/c1-27-6-5-13-38(26-43-16-18-44(19-17-43)33-23-49-24-33)25-39(38)14-12-31(39)21-45-15-4-3-7-29-20-32(40)9-8-30(29)22-50-35-11-10-34(41-36(35)45)37(46)42-51(47,48)28(27)2/h5,8-11,13,20,27-28,31,33H,3-4,6-7,12,14-19,21-26H2,1-2H3,(H,42,46)/b13-5+/t27-,28+,31-,38+,39-/m0/s1. The third kappa shape index (κ3) is 6.82. The number of sulfonamides is 1. The van der Waals surface area contributed by atoms with Crippen LogP contribution in [-0.4, -0.2) is 99.4 Å². The number of hydrogen-bond acceptors (Lipinski definition) is 9. The Morgan fingerprint density at radius 3 is 2.61 bits per heavy atom. The highest BCUT2D eigenvalue weighted by atomic mass is 35.5. The van der Waals surface area contributed by atoms with Crippen molar-refractivity contribution in [2.75, 3.05) is 63.9 Å². The normalized spacial score (nSPS) is 33.8. The molecule has 2 aliphatic carbocycles. The van der Waals surface area contributed by atoms with Crippen LogP contribution in [0.1, 0.15) is 74.0 Å². The summed E-state index contributed by atoms with van der Waals surface area (Å²) in [4.78, 5) is 26.0. The van der Waals surface area contributed by atoms with E-state index in [2.05, 4.69) is 31.6 Å². The zero-order valence-corrected chi connectivity index (χ0v) is 31.6. The molecule has 10 nitrogen and oxygen atoms in total. The van der Waals surface area contributed by atoms with Crippen LogP contribution in [0.3, 0.4) is 0 Å². The number of piperazine rings is 1. The molecule has 8 rings (SSSR count). The molecule has 1 aromatic carbocycles.